The zero-order chi connectivity index (χ0) is 27.2. The predicted molar refractivity (Wildman–Crippen MR) is 147 cm³/mol. The van der Waals surface area contributed by atoms with Gasteiger partial charge in [-0.3, -0.25) is 13.9 Å². The SMILES string of the molecule is CC[C@H](C)NC(=O)[C@H](CC)N(Cc1c(Cl)cccc1Cl)C(=O)CN(c1cc(C)ccc1C)S(C)(=O)=O. The molecular weight excluding hydrogens is 521 g/mol. The molecule has 2 amide bonds. The minimum atomic E-state index is -3.82. The van der Waals surface area contributed by atoms with Crippen LogP contribution in [0.1, 0.15) is 50.3 Å². The van der Waals surface area contributed by atoms with Gasteiger partial charge in [-0.05, 0) is 62.9 Å². The van der Waals surface area contributed by atoms with Gasteiger partial charge < -0.3 is 10.2 Å². The van der Waals surface area contributed by atoms with Crippen LogP contribution in [0.2, 0.25) is 10.0 Å². The third kappa shape index (κ3) is 7.60. The molecule has 2 aromatic carbocycles. The van der Waals surface area contributed by atoms with E-state index in [2.05, 4.69) is 5.32 Å². The maximum absolute atomic E-state index is 13.8. The summed E-state index contributed by atoms with van der Waals surface area (Å²) in [5, 5.41) is 3.64. The molecular formula is C26H35Cl2N3O4S. The van der Waals surface area contributed by atoms with Gasteiger partial charge in [0.2, 0.25) is 21.8 Å². The monoisotopic (exact) mass is 555 g/mol. The smallest absolute Gasteiger partial charge is 0.244 e. The lowest BCUT2D eigenvalue weighted by molar-refractivity contribution is -0.140. The second-order valence-electron chi connectivity index (χ2n) is 9.02. The molecule has 0 aliphatic heterocycles. The number of benzene rings is 2. The quantitative estimate of drug-likeness (QED) is 0.418. The van der Waals surface area contributed by atoms with Crippen LogP contribution in [0.3, 0.4) is 0 Å². The molecule has 0 heterocycles. The first-order chi connectivity index (χ1) is 16.8. The standard InChI is InChI=1S/C26H35Cl2N3O4S/c1-7-19(5)29-26(33)23(8-2)30(15-20-21(27)10-9-11-22(20)28)25(32)16-31(36(6,34)35)24-14-17(3)12-13-18(24)4/h9-14,19,23H,7-8,15-16H2,1-6H3,(H,29,33)/t19-,23-/m0/s1. The average Bonchev–Trinajstić information content (AvgIpc) is 2.79. The van der Waals surface area contributed by atoms with Gasteiger partial charge in [-0.25, -0.2) is 8.42 Å². The summed E-state index contributed by atoms with van der Waals surface area (Å²) in [4.78, 5) is 28.4. The van der Waals surface area contributed by atoms with E-state index < -0.39 is 28.5 Å². The van der Waals surface area contributed by atoms with Crippen LogP contribution >= 0.6 is 23.2 Å². The molecule has 0 bridgehead atoms. The van der Waals surface area contributed by atoms with Crippen molar-refractivity contribution < 1.29 is 18.0 Å². The fourth-order valence-corrected chi connectivity index (χ4v) is 5.21. The molecule has 1 N–H and O–H groups in total. The van der Waals surface area contributed by atoms with Gasteiger partial charge in [-0.2, -0.15) is 0 Å². The maximum Gasteiger partial charge on any atom is 0.244 e. The topological polar surface area (TPSA) is 86.8 Å². The molecule has 10 heteroatoms. The molecule has 0 aliphatic rings. The summed E-state index contributed by atoms with van der Waals surface area (Å²) in [7, 11) is -3.82. The van der Waals surface area contributed by atoms with Gasteiger partial charge >= 0.3 is 0 Å². The highest BCUT2D eigenvalue weighted by Gasteiger charge is 2.33. The molecule has 0 aromatic heterocycles. The number of amides is 2. The van der Waals surface area contributed by atoms with E-state index in [9.17, 15) is 18.0 Å². The van der Waals surface area contributed by atoms with Gasteiger partial charge in [0.05, 0.1) is 11.9 Å². The first-order valence-corrected chi connectivity index (χ1v) is 14.5. The summed E-state index contributed by atoms with van der Waals surface area (Å²) in [6.45, 7) is 8.75. The zero-order valence-corrected chi connectivity index (χ0v) is 24.0. The number of nitrogens with zero attached hydrogens (tertiary/aromatic N) is 2. The van der Waals surface area contributed by atoms with E-state index in [4.69, 9.17) is 23.2 Å². The number of hydrogen-bond acceptors (Lipinski definition) is 4. The summed E-state index contributed by atoms with van der Waals surface area (Å²) in [5.41, 5.74) is 2.47. The van der Waals surface area contributed by atoms with Gasteiger partial charge in [-0.15, -0.1) is 0 Å². The number of nitrogens with one attached hydrogen (secondary N) is 1. The van der Waals surface area contributed by atoms with E-state index in [1.54, 1.807) is 38.1 Å². The van der Waals surface area contributed by atoms with Crippen LogP contribution in [0.4, 0.5) is 5.69 Å². The van der Waals surface area contributed by atoms with Crippen molar-refractivity contribution in [2.45, 2.75) is 66.1 Å². The lowest BCUT2D eigenvalue weighted by atomic mass is 10.1. The predicted octanol–water partition coefficient (Wildman–Crippen LogP) is 5.10. The summed E-state index contributed by atoms with van der Waals surface area (Å²) >= 11 is 12.8. The van der Waals surface area contributed by atoms with E-state index in [1.165, 1.54) is 4.90 Å². The van der Waals surface area contributed by atoms with Crippen molar-refractivity contribution in [3.05, 3.63) is 63.1 Å². The van der Waals surface area contributed by atoms with Gasteiger partial charge in [0.1, 0.15) is 12.6 Å². The molecule has 2 atom stereocenters. The first-order valence-electron chi connectivity index (χ1n) is 11.9. The van der Waals surface area contributed by atoms with Crippen molar-refractivity contribution in [3.8, 4) is 0 Å². The minimum Gasteiger partial charge on any atom is -0.352 e. The summed E-state index contributed by atoms with van der Waals surface area (Å²) in [5.74, 6) is -0.857. The Balaban J connectivity index is 2.55. The van der Waals surface area contributed by atoms with Crippen molar-refractivity contribution >= 4 is 50.7 Å². The van der Waals surface area contributed by atoms with Crippen molar-refractivity contribution in [1.29, 1.82) is 0 Å². The maximum atomic E-state index is 13.8. The second kappa shape index (κ2) is 12.8. The van der Waals surface area contributed by atoms with E-state index in [0.29, 0.717) is 33.3 Å². The highest BCUT2D eigenvalue weighted by molar-refractivity contribution is 7.92. The molecule has 36 heavy (non-hydrogen) atoms. The highest BCUT2D eigenvalue weighted by atomic mass is 35.5. The van der Waals surface area contributed by atoms with Crippen molar-refractivity contribution in [1.82, 2.24) is 10.2 Å². The Morgan fingerprint density at radius 3 is 2.17 bits per heavy atom. The lowest BCUT2D eigenvalue weighted by Crippen LogP contribution is -2.53. The molecule has 0 fully saturated rings. The van der Waals surface area contributed by atoms with Crippen LogP contribution in [0.5, 0.6) is 0 Å². The molecule has 0 spiro atoms. The van der Waals surface area contributed by atoms with Crippen LogP contribution in [0, 0.1) is 13.8 Å². The largest absolute Gasteiger partial charge is 0.352 e. The number of halogens is 2. The van der Waals surface area contributed by atoms with Crippen molar-refractivity contribution in [2.75, 3.05) is 17.1 Å². The fourth-order valence-electron chi connectivity index (χ4n) is 3.80. The van der Waals surface area contributed by atoms with Crippen LogP contribution in [0.25, 0.3) is 0 Å². The fraction of sp³-hybridized carbons (Fsp3) is 0.462. The van der Waals surface area contributed by atoms with Crippen molar-refractivity contribution in [2.24, 2.45) is 0 Å². The van der Waals surface area contributed by atoms with Gasteiger partial charge in [-0.1, -0.05) is 55.2 Å². The first kappa shape index (κ1) is 29.9. The Hall–Kier alpha value is -2.29. The summed E-state index contributed by atoms with van der Waals surface area (Å²) in [6.07, 6.45) is 2.10. The zero-order valence-electron chi connectivity index (χ0n) is 21.6. The normalized spacial score (nSPS) is 13.1. The van der Waals surface area contributed by atoms with Gasteiger partial charge in [0.15, 0.2) is 0 Å². The highest BCUT2D eigenvalue weighted by Crippen LogP contribution is 2.28. The molecule has 0 radical (unpaired) electrons. The lowest BCUT2D eigenvalue weighted by Gasteiger charge is -2.34. The summed E-state index contributed by atoms with van der Waals surface area (Å²) < 4.78 is 26.7. The molecule has 2 aromatic rings. The number of rotatable bonds is 11. The van der Waals surface area contributed by atoms with Gasteiger partial charge in [0.25, 0.3) is 0 Å². The molecule has 0 unspecified atom stereocenters. The number of carbonyl (C=O) groups excluding carboxylic acids is 2. The summed E-state index contributed by atoms with van der Waals surface area (Å²) in [6, 6.07) is 9.48. The number of anilines is 1. The third-order valence-corrected chi connectivity index (χ3v) is 7.92. The Morgan fingerprint density at radius 2 is 1.64 bits per heavy atom. The third-order valence-electron chi connectivity index (χ3n) is 6.09. The Kier molecular flexibility index (Phi) is 10.6. The van der Waals surface area contributed by atoms with Crippen LogP contribution < -0.4 is 9.62 Å². The van der Waals surface area contributed by atoms with Gasteiger partial charge in [0, 0.05) is 28.2 Å². The molecule has 198 valence electrons. The Bertz CT molecular complexity index is 1180. The van der Waals surface area contributed by atoms with E-state index >= 15 is 0 Å². The van der Waals surface area contributed by atoms with E-state index in [-0.39, 0.29) is 18.5 Å². The van der Waals surface area contributed by atoms with E-state index in [1.807, 2.05) is 32.9 Å². The second-order valence-corrected chi connectivity index (χ2v) is 11.7. The number of aryl methyl sites for hydroxylation is 2. The van der Waals surface area contributed by atoms with E-state index in [0.717, 1.165) is 22.5 Å². The molecule has 7 nitrogen and oxygen atoms in total. The number of carbonyl (C=O) groups is 2. The number of hydrogen-bond donors (Lipinski definition) is 1. The molecule has 0 aliphatic carbocycles. The molecule has 2 rings (SSSR count). The van der Waals surface area contributed by atoms with Crippen molar-refractivity contribution in [3.63, 3.8) is 0 Å². The number of sulfonamides is 1. The van der Waals surface area contributed by atoms with Crippen LogP contribution in [-0.4, -0.2) is 50.0 Å². The Morgan fingerprint density at radius 1 is 1.03 bits per heavy atom. The molecule has 0 saturated heterocycles. The van der Waals surface area contributed by atoms with Crippen LogP contribution in [0.15, 0.2) is 36.4 Å². The van der Waals surface area contributed by atoms with Crippen LogP contribution in [-0.2, 0) is 26.2 Å². The Labute approximate surface area is 224 Å². The minimum absolute atomic E-state index is 0.0474. The molecule has 0 saturated carbocycles. The average molecular weight is 557 g/mol.